The molecule has 5 heteroatoms. The number of imidazole rings is 1. The van der Waals surface area contributed by atoms with Crippen LogP contribution in [0.4, 0.5) is 0 Å². The summed E-state index contributed by atoms with van der Waals surface area (Å²) >= 11 is 6.02. The topological polar surface area (TPSA) is 50.8 Å². The molecule has 1 fully saturated rings. The van der Waals surface area contributed by atoms with Crippen molar-refractivity contribution in [1.29, 1.82) is 5.26 Å². The number of fused-ring (bicyclic) bond motifs is 1. The Morgan fingerprint density at radius 1 is 1.55 bits per heavy atom. The van der Waals surface area contributed by atoms with Crippen LogP contribution in [0, 0.1) is 17.2 Å². The average molecular weight is 290 g/mol. The van der Waals surface area contributed by atoms with E-state index in [0.29, 0.717) is 17.4 Å². The summed E-state index contributed by atoms with van der Waals surface area (Å²) in [5.41, 5.74) is 2.33. The molecule has 2 heterocycles. The number of nitrogens with zero attached hydrogens (tertiary/aromatic N) is 3. The molecule has 0 amide bonds. The number of hydrogen-bond donors (Lipinski definition) is 0. The van der Waals surface area contributed by atoms with Gasteiger partial charge in [0.25, 0.3) is 0 Å². The van der Waals surface area contributed by atoms with Gasteiger partial charge in [0.05, 0.1) is 23.1 Å². The van der Waals surface area contributed by atoms with Gasteiger partial charge in [-0.3, -0.25) is 0 Å². The van der Waals surface area contributed by atoms with Crippen LogP contribution in [-0.4, -0.2) is 22.3 Å². The van der Waals surface area contributed by atoms with Gasteiger partial charge in [-0.25, -0.2) is 4.98 Å². The number of hydrogen-bond acceptors (Lipinski definition) is 3. The summed E-state index contributed by atoms with van der Waals surface area (Å²) in [5, 5.41) is 9.18. The molecule has 2 unspecified atom stereocenters. The van der Waals surface area contributed by atoms with Crippen molar-refractivity contribution in [2.24, 2.45) is 5.92 Å². The summed E-state index contributed by atoms with van der Waals surface area (Å²) in [7, 11) is 0. The first-order valence-electron chi connectivity index (χ1n) is 6.80. The fourth-order valence-electron chi connectivity index (χ4n) is 2.84. The number of para-hydroxylation sites is 1. The normalized spacial score (nSPS) is 22.2. The van der Waals surface area contributed by atoms with Gasteiger partial charge in [0.1, 0.15) is 17.4 Å². The zero-order valence-electron chi connectivity index (χ0n) is 11.3. The molecule has 0 aliphatic carbocycles. The molecule has 0 spiro atoms. The minimum Gasteiger partial charge on any atom is -0.378 e. The van der Waals surface area contributed by atoms with Crippen molar-refractivity contribution in [2.75, 3.05) is 6.61 Å². The Kier molecular flexibility index (Phi) is 3.64. The van der Waals surface area contributed by atoms with Crippen molar-refractivity contribution in [3.05, 3.63) is 29.6 Å². The molecule has 1 aromatic heterocycles. The molecular formula is C15H16ClN3O. The second kappa shape index (κ2) is 5.43. The fraction of sp³-hybridized carbons (Fsp3) is 0.467. The lowest BCUT2D eigenvalue weighted by molar-refractivity contribution is 0.102. The van der Waals surface area contributed by atoms with Gasteiger partial charge in [-0.1, -0.05) is 6.07 Å². The van der Waals surface area contributed by atoms with Gasteiger partial charge >= 0.3 is 0 Å². The summed E-state index contributed by atoms with van der Waals surface area (Å²) in [4.78, 5) is 4.54. The quantitative estimate of drug-likeness (QED) is 0.816. The molecule has 20 heavy (non-hydrogen) atoms. The third kappa shape index (κ3) is 2.17. The number of ether oxygens (including phenoxy) is 1. The second-order valence-corrected chi connectivity index (χ2v) is 5.45. The summed E-state index contributed by atoms with van der Waals surface area (Å²) in [5.74, 6) is 1.64. The van der Waals surface area contributed by atoms with Crippen molar-refractivity contribution in [2.45, 2.75) is 31.9 Å². The van der Waals surface area contributed by atoms with Gasteiger partial charge in [0, 0.05) is 19.1 Å². The predicted molar refractivity (Wildman–Crippen MR) is 77.5 cm³/mol. The smallest absolute Gasteiger partial charge is 0.124 e. The lowest BCUT2D eigenvalue weighted by Crippen LogP contribution is -2.19. The van der Waals surface area contributed by atoms with Crippen LogP contribution in [0.2, 0.25) is 0 Å². The van der Waals surface area contributed by atoms with Gasteiger partial charge in [0.2, 0.25) is 0 Å². The molecule has 0 saturated carbocycles. The maximum absolute atomic E-state index is 9.18. The Morgan fingerprint density at radius 2 is 2.40 bits per heavy atom. The van der Waals surface area contributed by atoms with E-state index in [4.69, 9.17) is 16.3 Å². The van der Waals surface area contributed by atoms with Crippen molar-refractivity contribution < 1.29 is 4.74 Å². The largest absolute Gasteiger partial charge is 0.378 e. The molecule has 3 rings (SSSR count). The standard InChI is InChI=1S/C15H16ClN3O/c1-10-12(5-6-20-10)9-19-13-4-2-3-11(8-17)15(13)18-14(19)7-16/h2-4,10,12H,5-7,9H2,1H3. The molecule has 1 aliphatic rings. The van der Waals surface area contributed by atoms with E-state index in [1.54, 1.807) is 6.07 Å². The number of benzene rings is 1. The summed E-state index contributed by atoms with van der Waals surface area (Å²) in [6.07, 6.45) is 1.32. The summed E-state index contributed by atoms with van der Waals surface area (Å²) in [6, 6.07) is 7.88. The van der Waals surface area contributed by atoms with Crippen LogP contribution in [0.5, 0.6) is 0 Å². The Morgan fingerprint density at radius 3 is 3.05 bits per heavy atom. The van der Waals surface area contributed by atoms with Crippen LogP contribution >= 0.6 is 11.6 Å². The van der Waals surface area contributed by atoms with Crippen LogP contribution < -0.4 is 0 Å². The van der Waals surface area contributed by atoms with Crippen LogP contribution in [-0.2, 0) is 17.2 Å². The van der Waals surface area contributed by atoms with Crippen molar-refractivity contribution in [3.63, 3.8) is 0 Å². The Bertz CT molecular complexity index is 674. The molecule has 4 nitrogen and oxygen atoms in total. The van der Waals surface area contributed by atoms with Crippen LogP contribution in [0.1, 0.15) is 24.7 Å². The first-order chi connectivity index (χ1) is 9.74. The third-order valence-electron chi connectivity index (χ3n) is 4.05. The molecule has 1 aliphatic heterocycles. The molecule has 1 saturated heterocycles. The van der Waals surface area contributed by atoms with Crippen LogP contribution in [0.25, 0.3) is 11.0 Å². The Balaban J connectivity index is 2.07. The lowest BCUT2D eigenvalue weighted by atomic mass is 10.0. The van der Waals surface area contributed by atoms with Crippen LogP contribution in [0.3, 0.4) is 0 Å². The van der Waals surface area contributed by atoms with E-state index in [9.17, 15) is 5.26 Å². The summed E-state index contributed by atoms with van der Waals surface area (Å²) in [6.45, 7) is 3.77. The number of alkyl halides is 1. The number of nitriles is 1. The Hall–Kier alpha value is -1.57. The van der Waals surface area contributed by atoms with Crippen molar-refractivity contribution in [3.8, 4) is 6.07 Å². The molecule has 2 aromatic rings. The number of aromatic nitrogens is 2. The number of rotatable bonds is 3. The molecule has 0 radical (unpaired) electrons. The van der Waals surface area contributed by atoms with Crippen molar-refractivity contribution >= 4 is 22.6 Å². The summed E-state index contributed by atoms with van der Waals surface area (Å²) < 4.78 is 7.76. The minimum absolute atomic E-state index is 0.259. The molecule has 0 N–H and O–H groups in total. The van der Waals surface area contributed by atoms with E-state index >= 15 is 0 Å². The van der Waals surface area contributed by atoms with Gasteiger partial charge in [-0.15, -0.1) is 11.6 Å². The van der Waals surface area contributed by atoms with Gasteiger partial charge in [0.15, 0.2) is 0 Å². The lowest BCUT2D eigenvalue weighted by Gasteiger charge is -2.16. The first-order valence-corrected chi connectivity index (χ1v) is 7.34. The minimum atomic E-state index is 0.259. The predicted octanol–water partition coefficient (Wildman–Crippen LogP) is 3.07. The van der Waals surface area contributed by atoms with Crippen molar-refractivity contribution in [1.82, 2.24) is 9.55 Å². The van der Waals surface area contributed by atoms with E-state index in [-0.39, 0.29) is 6.10 Å². The molecule has 2 atom stereocenters. The fourth-order valence-corrected chi connectivity index (χ4v) is 3.05. The monoisotopic (exact) mass is 289 g/mol. The zero-order valence-corrected chi connectivity index (χ0v) is 12.1. The first kappa shape index (κ1) is 13.4. The molecule has 104 valence electrons. The molecule has 0 bridgehead atoms. The second-order valence-electron chi connectivity index (χ2n) is 5.18. The highest BCUT2D eigenvalue weighted by atomic mass is 35.5. The molecular weight excluding hydrogens is 274 g/mol. The van der Waals surface area contributed by atoms with E-state index in [1.165, 1.54) is 0 Å². The van der Waals surface area contributed by atoms with E-state index in [1.807, 2.05) is 12.1 Å². The number of halogens is 1. The third-order valence-corrected chi connectivity index (χ3v) is 4.29. The van der Waals surface area contributed by atoms with E-state index in [0.717, 1.165) is 36.4 Å². The highest BCUT2D eigenvalue weighted by Gasteiger charge is 2.26. The maximum atomic E-state index is 9.18. The van der Waals surface area contributed by atoms with Gasteiger partial charge in [-0.05, 0) is 25.5 Å². The van der Waals surface area contributed by atoms with E-state index < -0.39 is 0 Å². The molecule has 1 aromatic carbocycles. The maximum Gasteiger partial charge on any atom is 0.124 e. The van der Waals surface area contributed by atoms with E-state index in [2.05, 4.69) is 22.5 Å². The van der Waals surface area contributed by atoms with Gasteiger partial charge in [-0.2, -0.15) is 5.26 Å². The SMILES string of the molecule is CC1OCCC1Cn1c(CCl)nc2c(C#N)cccc21. The zero-order chi connectivity index (χ0) is 14.1. The highest BCUT2D eigenvalue weighted by Crippen LogP contribution is 2.27. The highest BCUT2D eigenvalue weighted by molar-refractivity contribution is 6.16. The average Bonchev–Trinajstić information content (AvgIpc) is 3.03. The van der Waals surface area contributed by atoms with Crippen LogP contribution in [0.15, 0.2) is 18.2 Å². The van der Waals surface area contributed by atoms with Gasteiger partial charge < -0.3 is 9.30 Å². The Labute approximate surface area is 122 Å².